The number of hydrogen-bond acceptors (Lipinski definition) is 4. The molecule has 1 rings (SSSR count). The first-order chi connectivity index (χ1) is 9.18. The Morgan fingerprint density at radius 2 is 2.05 bits per heavy atom. The zero-order valence-corrected chi connectivity index (χ0v) is 12.8. The molecule has 1 aromatic rings. The molecule has 0 aliphatic rings. The summed E-state index contributed by atoms with van der Waals surface area (Å²) in [5.41, 5.74) is -1.51. The Labute approximate surface area is 119 Å². The fraction of sp³-hybridized carbons (Fsp3) is 0.643. The van der Waals surface area contributed by atoms with Crippen molar-refractivity contribution in [3.8, 4) is 0 Å². The molecule has 0 spiro atoms. The van der Waals surface area contributed by atoms with E-state index in [2.05, 4.69) is 5.10 Å². The fourth-order valence-corrected chi connectivity index (χ4v) is 1.62. The fourth-order valence-electron chi connectivity index (χ4n) is 1.62. The summed E-state index contributed by atoms with van der Waals surface area (Å²) in [6.07, 6.45) is 4.23. The molecule has 6 heteroatoms. The van der Waals surface area contributed by atoms with Gasteiger partial charge >= 0.3 is 6.09 Å². The number of amides is 1. The average Bonchev–Trinajstić information content (AvgIpc) is 2.86. The van der Waals surface area contributed by atoms with Gasteiger partial charge in [0.05, 0.1) is 0 Å². The number of nitrogens with zero attached hydrogens (tertiary/aromatic N) is 3. The smallest absolute Gasteiger partial charge is 0.410 e. The molecular formula is C14H23N3O3. The highest BCUT2D eigenvalue weighted by atomic mass is 16.6. The molecule has 1 aromatic heterocycles. The SMILES string of the molecule is CN(C(=O)OC(C)(C)C)C(C)(C=O)CCn1cccn1. The van der Waals surface area contributed by atoms with E-state index in [9.17, 15) is 9.59 Å². The van der Waals surface area contributed by atoms with Crippen LogP contribution in [0.2, 0.25) is 0 Å². The summed E-state index contributed by atoms with van der Waals surface area (Å²) in [5.74, 6) is 0. The van der Waals surface area contributed by atoms with Crippen LogP contribution in [-0.2, 0) is 16.1 Å². The molecule has 0 aliphatic carbocycles. The van der Waals surface area contributed by atoms with E-state index in [-0.39, 0.29) is 0 Å². The third-order valence-electron chi connectivity index (χ3n) is 3.09. The number of ether oxygens (including phenoxy) is 1. The first-order valence-corrected chi connectivity index (χ1v) is 6.58. The van der Waals surface area contributed by atoms with Crippen LogP contribution in [0.3, 0.4) is 0 Å². The summed E-state index contributed by atoms with van der Waals surface area (Å²) in [5, 5.41) is 4.08. The van der Waals surface area contributed by atoms with E-state index in [0.717, 1.165) is 6.29 Å². The number of likely N-dealkylation sites (N-methyl/N-ethyl adjacent to an activating group) is 1. The lowest BCUT2D eigenvalue weighted by Crippen LogP contribution is -2.50. The second-order valence-electron chi connectivity index (χ2n) is 6.03. The summed E-state index contributed by atoms with van der Waals surface area (Å²) in [7, 11) is 1.57. The Balaban J connectivity index is 2.71. The van der Waals surface area contributed by atoms with Crippen molar-refractivity contribution in [2.75, 3.05) is 7.05 Å². The van der Waals surface area contributed by atoms with Gasteiger partial charge in [0, 0.05) is 26.0 Å². The van der Waals surface area contributed by atoms with Gasteiger partial charge in [-0.05, 0) is 40.2 Å². The van der Waals surface area contributed by atoms with Crippen LogP contribution in [0.4, 0.5) is 4.79 Å². The topological polar surface area (TPSA) is 64.4 Å². The minimum atomic E-state index is -0.922. The van der Waals surface area contributed by atoms with Gasteiger partial charge in [-0.2, -0.15) is 5.10 Å². The molecule has 1 amide bonds. The van der Waals surface area contributed by atoms with Gasteiger partial charge in [-0.1, -0.05) is 0 Å². The predicted octanol–water partition coefficient (Wildman–Crippen LogP) is 2.10. The highest BCUT2D eigenvalue weighted by Gasteiger charge is 2.34. The van der Waals surface area contributed by atoms with E-state index in [1.807, 2.05) is 12.3 Å². The van der Waals surface area contributed by atoms with E-state index in [4.69, 9.17) is 4.74 Å². The lowest BCUT2D eigenvalue weighted by Gasteiger charge is -2.35. The standard InChI is InChI=1S/C14H23N3O3/c1-13(2,3)20-12(19)16(5)14(4,11-18)7-10-17-9-6-8-15-17/h6,8-9,11H,7,10H2,1-5H3. The molecule has 0 aliphatic heterocycles. The Morgan fingerprint density at radius 1 is 1.40 bits per heavy atom. The maximum absolute atomic E-state index is 12.0. The first-order valence-electron chi connectivity index (χ1n) is 6.58. The van der Waals surface area contributed by atoms with E-state index in [1.54, 1.807) is 45.6 Å². The summed E-state index contributed by atoms with van der Waals surface area (Å²) >= 11 is 0. The van der Waals surface area contributed by atoms with Gasteiger partial charge in [-0.15, -0.1) is 0 Å². The maximum atomic E-state index is 12.0. The second kappa shape index (κ2) is 6.07. The number of rotatable bonds is 5. The quantitative estimate of drug-likeness (QED) is 0.775. The Morgan fingerprint density at radius 3 is 2.50 bits per heavy atom. The summed E-state index contributed by atoms with van der Waals surface area (Å²) in [6.45, 7) is 7.64. The molecule has 0 bridgehead atoms. The molecular weight excluding hydrogens is 258 g/mol. The van der Waals surface area contributed by atoms with Crippen LogP contribution in [-0.4, -0.2) is 45.2 Å². The molecule has 0 saturated heterocycles. The normalized spacial score (nSPS) is 14.4. The highest BCUT2D eigenvalue weighted by Crippen LogP contribution is 2.20. The van der Waals surface area contributed by atoms with Crippen LogP contribution in [0, 0.1) is 0 Å². The first kappa shape index (κ1) is 16.2. The van der Waals surface area contributed by atoms with Crippen molar-refractivity contribution >= 4 is 12.4 Å². The Hall–Kier alpha value is -1.85. The molecule has 0 radical (unpaired) electrons. The van der Waals surface area contributed by atoms with Gasteiger partial charge < -0.3 is 9.53 Å². The van der Waals surface area contributed by atoms with Crippen LogP contribution >= 0.6 is 0 Å². The predicted molar refractivity (Wildman–Crippen MR) is 75.3 cm³/mol. The largest absolute Gasteiger partial charge is 0.444 e. The zero-order valence-electron chi connectivity index (χ0n) is 12.8. The van der Waals surface area contributed by atoms with E-state index < -0.39 is 17.2 Å². The average molecular weight is 281 g/mol. The molecule has 20 heavy (non-hydrogen) atoms. The van der Waals surface area contributed by atoms with Gasteiger partial charge in [0.25, 0.3) is 0 Å². The lowest BCUT2D eigenvalue weighted by molar-refractivity contribution is -0.117. The van der Waals surface area contributed by atoms with Gasteiger partial charge in [-0.3, -0.25) is 9.58 Å². The van der Waals surface area contributed by atoms with Crippen molar-refractivity contribution in [1.82, 2.24) is 14.7 Å². The van der Waals surface area contributed by atoms with Crippen molar-refractivity contribution in [2.45, 2.75) is 51.8 Å². The third kappa shape index (κ3) is 4.36. The zero-order chi connectivity index (χ0) is 15.4. The van der Waals surface area contributed by atoms with Crippen LogP contribution in [0.1, 0.15) is 34.1 Å². The van der Waals surface area contributed by atoms with E-state index in [1.165, 1.54) is 4.90 Å². The van der Waals surface area contributed by atoms with Gasteiger partial charge in [0.1, 0.15) is 17.4 Å². The molecule has 0 aromatic carbocycles. The number of aldehydes is 1. The lowest BCUT2D eigenvalue weighted by atomic mass is 9.98. The minimum absolute atomic E-state index is 0.466. The van der Waals surface area contributed by atoms with Crippen LogP contribution in [0.25, 0.3) is 0 Å². The molecule has 0 saturated carbocycles. The monoisotopic (exact) mass is 281 g/mol. The van der Waals surface area contributed by atoms with Crippen molar-refractivity contribution in [1.29, 1.82) is 0 Å². The molecule has 6 nitrogen and oxygen atoms in total. The summed E-state index contributed by atoms with van der Waals surface area (Å²) in [6, 6.07) is 1.82. The van der Waals surface area contributed by atoms with Crippen LogP contribution in [0.15, 0.2) is 18.5 Å². The second-order valence-corrected chi connectivity index (χ2v) is 6.03. The molecule has 0 N–H and O–H groups in total. The molecule has 0 fully saturated rings. The summed E-state index contributed by atoms with van der Waals surface area (Å²) in [4.78, 5) is 24.8. The van der Waals surface area contributed by atoms with E-state index >= 15 is 0 Å². The highest BCUT2D eigenvalue weighted by molar-refractivity contribution is 5.76. The molecule has 1 unspecified atom stereocenters. The number of carbonyl (C=O) groups is 2. The van der Waals surface area contributed by atoms with Crippen molar-refractivity contribution in [3.63, 3.8) is 0 Å². The summed E-state index contributed by atoms with van der Waals surface area (Å²) < 4.78 is 7.02. The molecule has 1 atom stereocenters. The van der Waals surface area contributed by atoms with Crippen LogP contribution < -0.4 is 0 Å². The molecule has 112 valence electrons. The van der Waals surface area contributed by atoms with Crippen molar-refractivity contribution in [3.05, 3.63) is 18.5 Å². The van der Waals surface area contributed by atoms with Crippen molar-refractivity contribution < 1.29 is 14.3 Å². The molecule has 1 heterocycles. The number of aromatic nitrogens is 2. The Kier molecular flexibility index (Phi) is 4.92. The maximum Gasteiger partial charge on any atom is 0.410 e. The number of aryl methyl sites for hydroxylation is 1. The van der Waals surface area contributed by atoms with Crippen molar-refractivity contribution in [2.24, 2.45) is 0 Å². The Bertz CT molecular complexity index is 451. The van der Waals surface area contributed by atoms with Gasteiger partial charge in [0.15, 0.2) is 0 Å². The number of hydrogen-bond donors (Lipinski definition) is 0. The van der Waals surface area contributed by atoms with Gasteiger partial charge in [0.2, 0.25) is 0 Å². The minimum Gasteiger partial charge on any atom is -0.444 e. The third-order valence-corrected chi connectivity index (χ3v) is 3.09. The number of carbonyl (C=O) groups excluding carboxylic acids is 2. The van der Waals surface area contributed by atoms with E-state index in [0.29, 0.717) is 13.0 Å². The van der Waals surface area contributed by atoms with Gasteiger partial charge in [-0.25, -0.2) is 4.79 Å². The van der Waals surface area contributed by atoms with Crippen LogP contribution in [0.5, 0.6) is 0 Å².